The van der Waals surface area contributed by atoms with E-state index in [0.717, 1.165) is 6.42 Å². The van der Waals surface area contributed by atoms with Gasteiger partial charge in [-0.2, -0.15) is 0 Å². The number of nitrogens with one attached hydrogen (secondary N) is 2. The van der Waals surface area contributed by atoms with E-state index in [1.165, 1.54) is 12.3 Å². The zero-order valence-corrected chi connectivity index (χ0v) is 11.6. The Labute approximate surface area is 121 Å². The summed E-state index contributed by atoms with van der Waals surface area (Å²) in [7, 11) is 0. The summed E-state index contributed by atoms with van der Waals surface area (Å²) in [6.45, 7) is 2.72. The Hall–Kier alpha value is -2.70. The fraction of sp³-hybridized carbons (Fsp3) is 0.286. The highest BCUT2D eigenvalue weighted by Gasteiger charge is 2.15. The second-order valence-electron chi connectivity index (χ2n) is 4.49. The van der Waals surface area contributed by atoms with E-state index in [1.807, 2.05) is 6.92 Å². The number of aromatic nitrogens is 1. The van der Waals surface area contributed by atoms with Crippen LogP contribution < -0.4 is 10.6 Å². The van der Waals surface area contributed by atoms with Crippen molar-refractivity contribution in [1.82, 2.24) is 10.3 Å². The largest absolute Gasteiger partial charge is 0.376 e. The normalized spacial score (nSPS) is 10.3. The van der Waals surface area contributed by atoms with Crippen molar-refractivity contribution in [1.29, 1.82) is 0 Å². The van der Waals surface area contributed by atoms with Crippen LogP contribution in [0.15, 0.2) is 30.5 Å². The molecule has 1 aromatic heterocycles. The number of carbonyl (C=O) groups is 1. The van der Waals surface area contributed by atoms with Crippen LogP contribution >= 0.6 is 0 Å². The molecule has 0 aliphatic carbocycles. The second-order valence-corrected chi connectivity index (χ2v) is 4.49. The summed E-state index contributed by atoms with van der Waals surface area (Å²) < 4.78 is 0. The molecule has 2 N–H and O–H groups in total. The summed E-state index contributed by atoms with van der Waals surface area (Å²) in [5, 5.41) is 17.4. The molecule has 0 saturated heterocycles. The van der Waals surface area contributed by atoms with Crippen molar-refractivity contribution in [2.45, 2.75) is 13.3 Å². The molecule has 1 heterocycles. The van der Waals surface area contributed by atoms with Crippen molar-refractivity contribution >= 4 is 28.2 Å². The van der Waals surface area contributed by atoms with Crippen LogP contribution in [0.4, 0.5) is 11.4 Å². The van der Waals surface area contributed by atoms with Gasteiger partial charge in [0.1, 0.15) is 5.52 Å². The molecule has 0 fully saturated rings. The van der Waals surface area contributed by atoms with Crippen LogP contribution in [0.3, 0.4) is 0 Å². The summed E-state index contributed by atoms with van der Waals surface area (Å²) in [5.74, 6) is -0.118. The third-order valence-corrected chi connectivity index (χ3v) is 2.96. The number of non-ortho nitro benzene ring substituents is 1. The molecule has 1 aromatic carbocycles. The molecular weight excluding hydrogens is 272 g/mol. The second kappa shape index (κ2) is 6.65. The minimum absolute atomic E-state index is 0.0495. The smallest absolute Gasteiger partial charge is 0.295 e. The molecule has 2 rings (SSSR count). The van der Waals surface area contributed by atoms with Gasteiger partial charge in [-0.1, -0.05) is 6.92 Å². The quantitative estimate of drug-likeness (QED) is 0.626. The summed E-state index contributed by atoms with van der Waals surface area (Å²) in [4.78, 5) is 26.2. The molecule has 0 unspecified atom stereocenters. The fourth-order valence-electron chi connectivity index (χ4n) is 1.96. The molecule has 0 radical (unpaired) electrons. The summed E-state index contributed by atoms with van der Waals surface area (Å²) >= 11 is 0. The highest BCUT2D eigenvalue weighted by molar-refractivity contribution is 5.97. The summed E-state index contributed by atoms with van der Waals surface area (Å²) in [6, 6.07) is 6.42. The van der Waals surface area contributed by atoms with E-state index in [9.17, 15) is 14.9 Å². The minimum atomic E-state index is -0.465. The number of hydrogen-bond donors (Lipinski definition) is 2. The number of nitro groups is 1. The number of benzene rings is 1. The lowest BCUT2D eigenvalue weighted by atomic mass is 10.1. The van der Waals surface area contributed by atoms with Gasteiger partial charge in [0.25, 0.3) is 5.69 Å². The van der Waals surface area contributed by atoms with Gasteiger partial charge in [0.05, 0.1) is 11.5 Å². The van der Waals surface area contributed by atoms with Gasteiger partial charge in [-0.05, 0) is 24.6 Å². The monoisotopic (exact) mass is 288 g/mol. The fourth-order valence-corrected chi connectivity index (χ4v) is 1.96. The first-order chi connectivity index (χ1) is 10.1. The summed E-state index contributed by atoms with van der Waals surface area (Å²) in [6.07, 6.45) is 2.38. The predicted molar refractivity (Wildman–Crippen MR) is 80.2 cm³/mol. The number of anilines is 1. The topological polar surface area (TPSA) is 97.2 Å². The van der Waals surface area contributed by atoms with Gasteiger partial charge < -0.3 is 10.6 Å². The van der Waals surface area contributed by atoms with E-state index in [1.54, 1.807) is 18.2 Å². The van der Waals surface area contributed by atoms with Gasteiger partial charge in [-0.25, -0.2) is 4.98 Å². The lowest BCUT2D eigenvalue weighted by Gasteiger charge is -2.09. The van der Waals surface area contributed by atoms with Crippen LogP contribution in [0.5, 0.6) is 0 Å². The van der Waals surface area contributed by atoms with Crippen LogP contribution in [0.2, 0.25) is 0 Å². The van der Waals surface area contributed by atoms with Crippen molar-refractivity contribution in [3.8, 4) is 0 Å². The standard InChI is InChI=1S/C14H16N4O3/c1-2-7-15-13(19)9-17-11-5-6-12(18(20)21)14-10(11)4-3-8-16-14/h3-6,8,17H,2,7,9H2,1H3,(H,15,19). The SMILES string of the molecule is CCCNC(=O)CNc1ccc([N+](=O)[O-])c2ncccc12. The molecule has 1 amide bonds. The molecule has 0 saturated carbocycles. The molecule has 110 valence electrons. The first-order valence-corrected chi connectivity index (χ1v) is 6.66. The molecule has 0 aliphatic rings. The van der Waals surface area contributed by atoms with Gasteiger partial charge in [0.15, 0.2) is 0 Å². The Morgan fingerprint density at radius 1 is 1.38 bits per heavy atom. The van der Waals surface area contributed by atoms with Gasteiger partial charge in [-0.15, -0.1) is 0 Å². The number of amides is 1. The molecule has 2 aromatic rings. The average molecular weight is 288 g/mol. The number of fused-ring (bicyclic) bond motifs is 1. The van der Waals surface area contributed by atoms with Crippen molar-refractivity contribution in [2.75, 3.05) is 18.4 Å². The number of rotatable bonds is 6. The molecule has 7 nitrogen and oxygen atoms in total. The first-order valence-electron chi connectivity index (χ1n) is 6.66. The number of nitro benzene ring substituents is 1. The number of nitrogens with zero attached hydrogens (tertiary/aromatic N) is 2. The average Bonchev–Trinajstić information content (AvgIpc) is 2.50. The predicted octanol–water partition coefficient (Wildman–Crippen LogP) is 2.08. The zero-order chi connectivity index (χ0) is 15.2. The van der Waals surface area contributed by atoms with E-state index in [4.69, 9.17) is 0 Å². The van der Waals surface area contributed by atoms with Crippen molar-refractivity contribution < 1.29 is 9.72 Å². The Bertz CT molecular complexity index is 672. The van der Waals surface area contributed by atoms with Gasteiger partial charge >= 0.3 is 0 Å². The van der Waals surface area contributed by atoms with Gasteiger partial charge in [-0.3, -0.25) is 14.9 Å². The third-order valence-electron chi connectivity index (χ3n) is 2.96. The maximum Gasteiger partial charge on any atom is 0.295 e. The molecule has 21 heavy (non-hydrogen) atoms. The van der Waals surface area contributed by atoms with Crippen LogP contribution in [0, 0.1) is 10.1 Å². The van der Waals surface area contributed by atoms with E-state index in [2.05, 4.69) is 15.6 Å². The maximum absolute atomic E-state index is 11.6. The molecule has 7 heteroatoms. The van der Waals surface area contributed by atoms with Crippen molar-refractivity contribution in [2.24, 2.45) is 0 Å². The number of carbonyl (C=O) groups excluding carboxylic acids is 1. The Morgan fingerprint density at radius 2 is 2.19 bits per heavy atom. The zero-order valence-electron chi connectivity index (χ0n) is 11.6. The number of hydrogen-bond acceptors (Lipinski definition) is 5. The van der Waals surface area contributed by atoms with Crippen LogP contribution in [-0.2, 0) is 4.79 Å². The van der Waals surface area contributed by atoms with E-state index in [0.29, 0.717) is 23.1 Å². The highest BCUT2D eigenvalue weighted by atomic mass is 16.6. The van der Waals surface area contributed by atoms with Crippen LogP contribution in [0.1, 0.15) is 13.3 Å². The van der Waals surface area contributed by atoms with Crippen LogP contribution in [-0.4, -0.2) is 28.9 Å². The molecule has 0 spiro atoms. The van der Waals surface area contributed by atoms with E-state index in [-0.39, 0.29) is 18.1 Å². The Morgan fingerprint density at radius 3 is 2.90 bits per heavy atom. The van der Waals surface area contributed by atoms with Crippen LogP contribution in [0.25, 0.3) is 10.9 Å². The third kappa shape index (κ3) is 3.44. The molecular formula is C14H16N4O3. The minimum Gasteiger partial charge on any atom is -0.376 e. The van der Waals surface area contributed by atoms with Crippen molar-refractivity contribution in [3.63, 3.8) is 0 Å². The summed E-state index contributed by atoms with van der Waals surface area (Å²) in [5.41, 5.74) is 0.906. The molecule has 0 bridgehead atoms. The number of pyridine rings is 1. The van der Waals surface area contributed by atoms with E-state index < -0.39 is 4.92 Å². The first kappa shape index (κ1) is 14.7. The lowest BCUT2D eigenvalue weighted by Crippen LogP contribution is -2.30. The van der Waals surface area contributed by atoms with E-state index >= 15 is 0 Å². The Balaban J connectivity index is 2.23. The van der Waals surface area contributed by atoms with Gasteiger partial charge in [0.2, 0.25) is 5.91 Å². The van der Waals surface area contributed by atoms with Gasteiger partial charge in [0, 0.05) is 29.9 Å². The Kier molecular flexibility index (Phi) is 4.65. The molecule has 0 atom stereocenters. The maximum atomic E-state index is 11.6. The van der Waals surface area contributed by atoms with Crippen molar-refractivity contribution in [3.05, 3.63) is 40.6 Å². The lowest BCUT2D eigenvalue weighted by molar-refractivity contribution is -0.383. The molecule has 0 aliphatic heterocycles. The highest BCUT2D eigenvalue weighted by Crippen LogP contribution is 2.29.